The first kappa shape index (κ1) is 13.2. The Labute approximate surface area is 105 Å². The second-order valence-electron chi connectivity index (χ2n) is 4.70. The van der Waals surface area contributed by atoms with Crippen molar-refractivity contribution in [2.24, 2.45) is 0 Å². The molecule has 2 rings (SSSR count). The monoisotopic (exact) mass is 252 g/mol. The maximum absolute atomic E-state index is 12.0. The van der Waals surface area contributed by atoms with Crippen molar-refractivity contribution in [2.75, 3.05) is 0 Å². The highest BCUT2D eigenvalue weighted by Gasteiger charge is 2.46. The molecule has 18 heavy (non-hydrogen) atoms. The fraction of sp³-hybridized carbons (Fsp3) is 0.462. The molecule has 1 aliphatic heterocycles. The zero-order chi connectivity index (χ0) is 13.3. The normalized spacial score (nSPS) is 33.3. The molecule has 98 valence electrons. The van der Waals surface area contributed by atoms with Gasteiger partial charge in [-0.1, -0.05) is 30.3 Å². The average molecular weight is 252 g/mol. The SMILES string of the molecule is C[C@@]1(O)C[C@H](O)[C@@H](C(O)C(=O)c2ccccc2)O1. The molecular formula is C13H16O5. The largest absolute Gasteiger partial charge is 0.390 e. The minimum Gasteiger partial charge on any atom is -0.390 e. The Morgan fingerprint density at radius 3 is 2.56 bits per heavy atom. The summed E-state index contributed by atoms with van der Waals surface area (Å²) < 4.78 is 5.10. The number of rotatable bonds is 3. The number of hydrogen-bond donors (Lipinski definition) is 3. The van der Waals surface area contributed by atoms with Crippen LogP contribution in [-0.2, 0) is 4.74 Å². The lowest BCUT2D eigenvalue weighted by Crippen LogP contribution is -2.40. The number of Topliss-reactive ketones (excluding diaryl/α,β-unsaturated/α-hetero) is 1. The van der Waals surface area contributed by atoms with Crippen LogP contribution < -0.4 is 0 Å². The maximum Gasteiger partial charge on any atom is 0.194 e. The molecule has 0 bridgehead atoms. The summed E-state index contributed by atoms with van der Waals surface area (Å²) in [5, 5.41) is 29.3. The number of benzene rings is 1. The van der Waals surface area contributed by atoms with E-state index in [0.717, 1.165) is 0 Å². The van der Waals surface area contributed by atoms with E-state index < -0.39 is 29.9 Å². The van der Waals surface area contributed by atoms with E-state index in [1.165, 1.54) is 6.92 Å². The van der Waals surface area contributed by atoms with Crippen molar-refractivity contribution >= 4 is 5.78 Å². The van der Waals surface area contributed by atoms with Crippen LogP contribution in [0.1, 0.15) is 23.7 Å². The Hall–Kier alpha value is -1.27. The van der Waals surface area contributed by atoms with Gasteiger partial charge >= 0.3 is 0 Å². The summed E-state index contributed by atoms with van der Waals surface area (Å²) in [7, 11) is 0. The van der Waals surface area contributed by atoms with Gasteiger partial charge in [0.1, 0.15) is 12.2 Å². The lowest BCUT2D eigenvalue weighted by molar-refractivity contribution is -0.192. The molecule has 0 aliphatic carbocycles. The number of aliphatic hydroxyl groups is 3. The number of carbonyl (C=O) groups excluding carboxylic acids is 1. The van der Waals surface area contributed by atoms with E-state index in [4.69, 9.17) is 4.74 Å². The maximum atomic E-state index is 12.0. The van der Waals surface area contributed by atoms with Crippen molar-refractivity contribution in [1.29, 1.82) is 0 Å². The minimum atomic E-state index is -1.51. The van der Waals surface area contributed by atoms with Crippen LogP contribution in [0.25, 0.3) is 0 Å². The van der Waals surface area contributed by atoms with Gasteiger partial charge < -0.3 is 20.1 Å². The number of carbonyl (C=O) groups is 1. The summed E-state index contributed by atoms with van der Waals surface area (Å²) in [4.78, 5) is 12.0. The van der Waals surface area contributed by atoms with Crippen LogP contribution in [0.2, 0.25) is 0 Å². The second-order valence-corrected chi connectivity index (χ2v) is 4.70. The van der Waals surface area contributed by atoms with Gasteiger partial charge in [-0.3, -0.25) is 4.79 Å². The molecular weight excluding hydrogens is 236 g/mol. The Morgan fingerprint density at radius 1 is 1.44 bits per heavy atom. The lowest BCUT2D eigenvalue weighted by atomic mass is 9.98. The predicted octanol–water partition coefficient (Wildman–Crippen LogP) is 0.0885. The summed E-state index contributed by atoms with van der Waals surface area (Å²) in [6.07, 6.45) is -3.69. The molecule has 0 spiro atoms. The average Bonchev–Trinajstić information content (AvgIpc) is 2.62. The number of ether oxygens (including phenoxy) is 1. The first-order valence-corrected chi connectivity index (χ1v) is 5.76. The number of hydrogen-bond acceptors (Lipinski definition) is 5. The molecule has 1 aliphatic rings. The Bertz CT molecular complexity index is 428. The van der Waals surface area contributed by atoms with E-state index in [2.05, 4.69) is 0 Å². The summed E-state index contributed by atoms with van der Waals surface area (Å²) >= 11 is 0. The van der Waals surface area contributed by atoms with Crippen LogP contribution >= 0.6 is 0 Å². The third-order valence-corrected chi connectivity index (χ3v) is 3.00. The molecule has 0 radical (unpaired) electrons. The molecule has 1 unspecified atom stereocenters. The third-order valence-electron chi connectivity index (χ3n) is 3.00. The molecule has 1 fully saturated rings. The van der Waals surface area contributed by atoms with E-state index in [-0.39, 0.29) is 6.42 Å². The second kappa shape index (κ2) is 4.78. The van der Waals surface area contributed by atoms with E-state index >= 15 is 0 Å². The van der Waals surface area contributed by atoms with Crippen LogP contribution in [0, 0.1) is 0 Å². The van der Waals surface area contributed by atoms with Crippen LogP contribution in [0.15, 0.2) is 30.3 Å². The standard InChI is InChI=1S/C13H16O5/c1-13(17)7-9(14)12(18-13)11(16)10(15)8-5-3-2-4-6-8/h2-6,9,11-12,14,16-17H,7H2,1H3/t9-,11?,12-,13-/m0/s1. The summed E-state index contributed by atoms with van der Waals surface area (Å²) in [5.74, 6) is -2.04. The summed E-state index contributed by atoms with van der Waals surface area (Å²) in [6.45, 7) is 1.38. The molecule has 1 saturated heterocycles. The van der Waals surface area contributed by atoms with Crippen LogP contribution in [0.4, 0.5) is 0 Å². The van der Waals surface area contributed by atoms with E-state index in [9.17, 15) is 20.1 Å². The van der Waals surface area contributed by atoms with Gasteiger partial charge in [-0.05, 0) is 6.92 Å². The first-order valence-electron chi connectivity index (χ1n) is 5.76. The molecule has 5 heteroatoms. The zero-order valence-corrected chi connectivity index (χ0v) is 9.98. The molecule has 0 aromatic heterocycles. The van der Waals surface area contributed by atoms with Gasteiger partial charge in [-0.25, -0.2) is 0 Å². The Kier molecular flexibility index (Phi) is 3.49. The minimum absolute atomic E-state index is 0.0310. The van der Waals surface area contributed by atoms with Gasteiger partial charge in [0.05, 0.1) is 6.10 Å². The predicted molar refractivity (Wildman–Crippen MR) is 62.9 cm³/mol. The lowest BCUT2D eigenvalue weighted by Gasteiger charge is -2.21. The van der Waals surface area contributed by atoms with E-state index in [1.807, 2.05) is 0 Å². The van der Waals surface area contributed by atoms with Crippen molar-refractivity contribution in [2.45, 2.75) is 37.4 Å². The van der Waals surface area contributed by atoms with Gasteiger partial charge in [-0.15, -0.1) is 0 Å². The number of aliphatic hydroxyl groups excluding tert-OH is 2. The molecule has 0 amide bonds. The smallest absolute Gasteiger partial charge is 0.194 e. The Morgan fingerprint density at radius 2 is 2.06 bits per heavy atom. The van der Waals surface area contributed by atoms with Crippen LogP contribution in [-0.4, -0.2) is 45.2 Å². The highest BCUT2D eigenvalue weighted by Crippen LogP contribution is 2.30. The van der Waals surface area contributed by atoms with Gasteiger partial charge in [0, 0.05) is 12.0 Å². The topological polar surface area (TPSA) is 87.0 Å². The molecule has 1 heterocycles. The van der Waals surface area contributed by atoms with Crippen LogP contribution in [0.5, 0.6) is 0 Å². The number of ketones is 1. The quantitative estimate of drug-likeness (QED) is 0.664. The molecule has 1 aromatic rings. The summed E-state index contributed by atoms with van der Waals surface area (Å²) in [6, 6.07) is 8.27. The molecule has 4 atom stereocenters. The first-order chi connectivity index (χ1) is 8.41. The summed E-state index contributed by atoms with van der Waals surface area (Å²) in [5.41, 5.74) is 0.340. The highest BCUT2D eigenvalue weighted by molar-refractivity contribution is 5.99. The third kappa shape index (κ3) is 2.59. The van der Waals surface area contributed by atoms with Crippen molar-refractivity contribution in [3.63, 3.8) is 0 Å². The van der Waals surface area contributed by atoms with Crippen LogP contribution in [0.3, 0.4) is 0 Å². The van der Waals surface area contributed by atoms with Gasteiger partial charge in [0.15, 0.2) is 11.6 Å². The van der Waals surface area contributed by atoms with Crippen molar-refractivity contribution in [1.82, 2.24) is 0 Å². The van der Waals surface area contributed by atoms with Gasteiger partial charge in [0.2, 0.25) is 0 Å². The van der Waals surface area contributed by atoms with Gasteiger partial charge in [0.25, 0.3) is 0 Å². The molecule has 1 aromatic carbocycles. The van der Waals surface area contributed by atoms with Gasteiger partial charge in [-0.2, -0.15) is 0 Å². The zero-order valence-electron chi connectivity index (χ0n) is 9.98. The van der Waals surface area contributed by atoms with Crippen molar-refractivity contribution < 1.29 is 24.9 Å². The fourth-order valence-corrected chi connectivity index (χ4v) is 2.12. The van der Waals surface area contributed by atoms with Crippen molar-refractivity contribution in [3.05, 3.63) is 35.9 Å². The molecule has 5 nitrogen and oxygen atoms in total. The van der Waals surface area contributed by atoms with E-state index in [1.54, 1.807) is 30.3 Å². The highest BCUT2D eigenvalue weighted by atomic mass is 16.6. The fourth-order valence-electron chi connectivity index (χ4n) is 2.12. The Balaban J connectivity index is 2.13. The van der Waals surface area contributed by atoms with E-state index in [0.29, 0.717) is 5.56 Å². The molecule has 0 saturated carbocycles. The van der Waals surface area contributed by atoms with Crippen molar-refractivity contribution in [3.8, 4) is 0 Å². The molecule has 3 N–H and O–H groups in total.